The summed E-state index contributed by atoms with van der Waals surface area (Å²) in [6.07, 6.45) is 4.02. The minimum Gasteiger partial charge on any atom is -0.489 e. The maximum absolute atomic E-state index is 6.20. The summed E-state index contributed by atoms with van der Waals surface area (Å²) >= 11 is 0. The van der Waals surface area contributed by atoms with Crippen molar-refractivity contribution in [3.8, 4) is 5.75 Å². The molecule has 19 heavy (non-hydrogen) atoms. The Bertz CT molecular complexity index is 405. The van der Waals surface area contributed by atoms with E-state index in [1.165, 1.54) is 25.8 Å². The van der Waals surface area contributed by atoms with Crippen LogP contribution in [-0.2, 0) is 0 Å². The zero-order valence-corrected chi connectivity index (χ0v) is 12.3. The Balaban J connectivity index is 2.08. The molecule has 1 aliphatic heterocycles. The highest BCUT2D eigenvalue weighted by atomic mass is 16.5. The van der Waals surface area contributed by atoms with E-state index in [4.69, 9.17) is 10.5 Å². The van der Waals surface area contributed by atoms with Crippen LogP contribution in [0.5, 0.6) is 5.75 Å². The van der Waals surface area contributed by atoms with E-state index in [1.807, 2.05) is 25.1 Å². The minimum absolute atomic E-state index is 0.00693. The fourth-order valence-electron chi connectivity index (χ4n) is 2.94. The molecule has 3 unspecified atom stereocenters. The number of benzene rings is 1. The van der Waals surface area contributed by atoms with E-state index in [0.717, 1.165) is 11.3 Å². The number of likely N-dealkylation sites (tertiary alicyclic amines) is 1. The second kappa shape index (κ2) is 6.40. The Labute approximate surface area is 116 Å². The second-order valence-electron chi connectivity index (χ2n) is 5.69. The number of para-hydroxylation sites is 1. The molecule has 2 rings (SSSR count). The summed E-state index contributed by atoms with van der Waals surface area (Å²) in [6, 6.07) is 8.62. The molecule has 106 valence electrons. The van der Waals surface area contributed by atoms with Gasteiger partial charge in [-0.1, -0.05) is 24.6 Å². The average Bonchev–Trinajstić information content (AvgIpc) is 2.39. The van der Waals surface area contributed by atoms with Crippen LogP contribution in [-0.4, -0.2) is 30.6 Å². The Morgan fingerprint density at radius 1 is 1.26 bits per heavy atom. The van der Waals surface area contributed by atoms with E-state index in [2.05, 4.69) is 24.9 Å². The molecule has 0 spiro atoms. The fourth-order valence-corrected chi connectivity index (χ4v) is 2.94. The molecule has 0 amide bonds. The quantitative estimate of drug-likeness (QED) is 0.906. The maximum atomic E-state index is 6.20. The molecular formula is C16H26N2O. The minimum atomic E-state index is 0.00693. The Kier molecular flexibility index (Phi) is 4.83. The molecule has 1 heterocycles. The predicted octanol–water partition coefficient (Wildman–Crippen LogP) is 2.96. The first-order valence-electron chi connectivity index (χ1n) is 7.31. The van der Waals surface area contributed by atoms with Gasteiger partial charge in [0.1, 0.15) is 11.9 Å². The third-order valence-corrected chi connectivity index (χ3v) is 4.09. The largest absolute Gasteiger partial charge is 0.489 e. The third kappa shape index (κ3) is 3.48. The standard InChI is InChI=1S/C16H26N2O/c1-12(17)14-8-4-5-10-16(14)19-13(2)15-9-6-7-11-18(15)3/h4-5,8,10,12-13,15H,6-7,9,11,17H2,1-3H3. The predicted molar refractivity (Wildman–Crippen MR) is 79.4 cm³/mol. The van der Waals surface area contributed by atoms with Gasteiger partial charge in [-0.25, -0.2) is 0 Å². The van der Waals surface area contributed by atoms with Crippen LogP contribution in [0.15, 0.2) is 24.3 Å². The zero-order valence-electron chi connectivity index (χ0n) is 12.3. The number of ether oxygens (including phenoxy) is 1. The van der Waals surface area contributed by atoms with Gasteiger partial charge in [0, 0.05) is 17.6 Å². The van der Waals surface area contributed by atoms with E-state index in [0.29, 0.717) is 6.04 Å². The number of nitrogens with two attached hydrogens (primary N) is 1. The molecule has 1 aromatic carbocycles. The molecule has 0 aliphatic carbocycles. The number of piperidine rings is 1. The van der Waals surface area contributed by atoms with Crippen LogP contribution >= 0.6 is 0 Å². The summed E-state index contributed by atoms with van der Waals surface area (Å²) in [5.74, 6) is 0.934. The molecule has 1 fully saturated rings. The van der Waals surface area contributed by atoms with Crippen molar-refractivity contribution in [3.05, 3.63) is 29.8 Å². The lowest BCUT2D eigenvalue weighted by molar-refractivity contribution is 0.0678. The highest BCUT2D eigenvalue weighted by Crippen LogP contribution is 2.27. The number of likely N-dealkylation sites (N-methyl/N-ethyl adjacent to an activating group) is 1. The molecule has 1 aliphatic rings. The third-order valence-electron chi connectivity index (χ3n) is 4.09. The molecule has 3 atom stereocenters. The molecule has 1 saturated heterocycles. The van der Waals surface area contributed by atoms with Crippen LogP contribution < -0.4 is 10.5 Å². The molecule has 1 aromatic rings. The summed E-state index contributed by atoms with van der Waals surface area (Å²) in [7, 11) is 2.20. The van der Waals surface area contributed by atoms with Gasteiger partial charge < -0.3 is 10.5 Å². The van der Waals surface area contributed by atoms with E-state index in [-0.39, 0.29) is 12.1 Å². The smallest absolute Gasteiger partial charge is 0.124 e. The molecular weight excluding hydrogens is 236 g/mol. The Hall–Kier alpha value is -1.06. The zero-order chi connectivity index (χ0) is 13.8. The van der Waals surface area contributed by atoms with Crippen molar-refractivity contribution < 1.29 is 4.74 Å². The summed E-state index contributed by atoms with van der Waals surface area (Å²) in [4.78, 5) is 2.42. The van der Waals surface area contributed by atoms with Crippen LogP contribution in [0, 0.1) is 0 Å². The first kappa shape index (κ1) is 14.4. The van der Waals surface area contributed by atoms with E-state index >= 15 is 0 Å². The van der Waals surface area contributed by atoms with E-state index in [9.17, 15) is 0 Å². The van der Waals surface area contributed by atoms with Gasteiger partial charge in [-0.3, -0.25) is 4.90 Å². The topological polar surface area (TPSA) is 38.5 Å². The van der Waals surface area contributed by atoms with Gasteiger partial charge in [0.2, 0.25) is 0 Å². The Morgan fingerprint density at radius 2 is 2.00 bits per heavy atom. The van der Waals surface area contributed by atoms with Crippen molar-refractivity contribution in [1.29, 1.82) is 0 Å². The summed E-state index contributed by atoms with van der Waals surface area (Å²) < 4.78 is 6.20. The molecule has 0 bridgehead atoms. The highest BCUT2D eigenvalue weighted by molar-refractivity contribution is 5.35. The van der Waals surface area contributed by atoms with Crippen molar-refractivity contribution in [2.45, 2.75) is 51.3 Å². The van der Waals surface area contributed by atoms with Crippen molar-refractivity contribution in [2.75, 3.05) is 13.6 Å². The van der Waals surface area contributed by atoms with Crippen LogP contribution in [0.25, 0.3) is 0 Å². The van der Waals surface area contributed by atoms with Crippen LogP contribution in [0.1, 0.15) is 44.7 Å². The normalized spacial score (nSPS) is 23.9. The van der Waals surface area contributed by atoms with Gasteiger partial charge in [-0.05, 0) is 46.3 Å². The summed E-state index contributed by atoms with van der Waals surface area (Å²) in [5, 5.41) is 0. The molecule has 2 N–H and O–H groups in total. The molecule has 0 aromatic heterocycles. The number of hydrogen-bond donors (Lipinski definition) is 1. The van der Waals surface area contributed by atoms with Crippen LogP contribution in [0.4, 0.5) is 0 Å². The van der Waals surface area contributed by atoms with E-state index in [1.54, 1.807) is 0 Å². The number of rotatable bonds is 4. The van der Waals surface area contributed by atoms with Crippen molar-refractivity contribution in [3.63, 3.8) is 0 Å². The lowest BCUT2D eigenvalue weighted by Crippen LogP contribution is -2.45. The SMILES string of the molecule is CC(N)c1ccccc1OC(C)C1CCCCN1C. The van der Waals surface area contributed by atoms with Crippen molar-refractivity contribution in [1.82, 2.24) is 4.90 Å². The first-order valence-corrected chi connectivity index (χ1v) is 7.31. The second-order valence-corrected chi connectivity index (χ2v) is 5.69. The summed E-state index contributed by atoms with van der Waals surface area (Å²) in [5.41, 5.74) is 7.10. The maximum Gasteiger partial charge on any atom is 0.124 e. The van der Waals surface area contributed by atoms with Gasteiger partial charge in [-0.15, -0.1) is 0 Å². The van der Waals surface area contributed by atoms with Gasteiger partial charge in [0.25, 0.3) is 0 Å². The lowest BCUT2D eigenvalue weighted by Gasteiger charge is -2.36. The average molecular weight is 262 g/mol. The summed E-state index contributed by atoms with van der Waals surface area (Å²) in [6.45, 7) is 5.34. The highest BCUT2D eigenvalue weighted by Gasteiger charge is 2.26. The molecule has 0 radical (unpaired) electrons. The van der Waals surface area contributed by atoms with Crippen molar-refractivity contribution >= 4 is 0 Å². The molecule has 0 saturated carbocycles. The van der Waals surface area contributed by atoms with Gasteiger partial charge in [0.05, 0.1) is 0 Å². The van der Waals surface area contributed by atoms with Crippen molar-refractivity contribution in [2.24, 2.45) is 5.73 Å². The Morgan fingerprint density at radius 3 is 2.68 bits per heavy atom. The van der Waals surface area contributed by atoms with Gasteiger partial charge in [-0.2, -0.15) is 0 Å². The van der Waals surface area contributed by atoms with Crippen LogP contribution in [0.2, 0.25) is 0 Å². The first-order chi connectivity index (χ1) is 9.09. The number of hydrogen-bond acceptors (Lipinski definition) is 3. The van der Waals surface area contributed by atoms with E-state index < -0.39 is 0 Å². The fraction of sp³-hybridized carbons (Fsp3) is 0.625. The number of nitrogens with zero attached hydrogens (tertiary/aromatic N) is 1. The molecule has 3 nitrogen and oxygen atoms in total. The lowest BCUT2D eigenvalue weighted by atomic mass is 9.98. The molecule has 3 heteroatoms. The van der Waals surface area contributed by atoms with Gasteiger partial charge >= 0.3 is 0 Å². The van der Waals surface area contributed by atoms with Crippen LogP contribution in [0.3, 0.4) is 0 Å². The van der Waals surface area contributed by atoms with Gasteiger partial charge in [0.15, 0.2) is 0 Å². The monoisotopic (exact) mass is 262 g/mol.